The van der Waals surface area contributed by atoms with Crippen molar-refractivity contribution in [2.45, 2.75) is 6.92 Å². The summed E-state index contributed by atoms with van der Waals surface area (Å²) in [4.78, 5) is 0. The second-order valence-electron chi connectivity index (χ2n) is 2.39. The molecule has 0 amide bonds. The SMILES string of the molecule is CCNc1ccccc1C(=N)I. The summed E-state index contributed by atoms with van der Waals surface area (Å²) in [5, 5.41) is 10.7. The molecule has 0 aliphatic rings. The summed E-state index contributed by atoms with van der Waals surface area (Å²) in [6, 6.07) is 7.86. The quantitative estimate of drug-likeness (QED) is 0.645. The monoisotopic (exact) mass is 274 g/mol. The topological polar surface area (TPSA) is 35.9 Å². The molecule has 0 aliphatic heterocycles. The first-order valence-corrected chi connectivity index (χ1v) is 4.91. The van der Waals surface area contributed by atoms with Crippen LogP contribution in [0.2, 0.25) is 0 Å². The average molecular weight is 274 g/mol. The summed E-state index contributed by atoms with van der Waals surface area (Å²) in [5.74, 6) is 0. The maximum absolute atomic E-state index is 7.50. The number of rotatable bonds is 3. The predicted octanol–water partition coefficient (Wildman–Crippen LogP) is 2.88. The Morgan fingerprint density at radius 1 is 1.50 bits per heavy atom. The van der Waals surface area contributed by atoms with E-state index in [0.29, 0.717) is 3.72 Å². The molecule has 0 bridgehead atoms. The van der Waals surface area contributed by atoms with Gasteiger partial charge in [-0.1, -0.05) is 18.2 Å². The van der Waals surface area contributed by atoms with E-state index in [1.165, 1.54) is 0 Å². The van der Waals surface area contributed by atoms with Gasteiger partial charge in [0.25, 0.3) is 0 Å². The molecule has 0 unspecified atom stereocenters. The third kappa shape index (κ3) is 2.20. The van der Waals surface area contributed by atoms with Crippen LogP contribution in [-0.4, -0.2) is 10.3 Å². The Kier molecular flexibility index (Phi) is 3.52. The van der Waals surface area contributed by atoms with Gasteiger partial charge in [-0.25, -0.2) is 0 Å². The van der Waals surface area contributed by atoms with E-state index in [1.807, 2.05) is 53.8 Å². The van der Waals surface area contributed by atoms with E-state index in [0.717, 1.165) is 17.8 Å². The summed E-state index contributed by atoms with van der Waals surface area (Å²) >= 11 is 2.02. The van der Waals surface area contributed by atoms with Gasteiger partial charge in [-0.3, -0.25) is 5.41 Å². The van der Waals surface area contributed by atoms with Crippen molar-refractivity contribution in [2.24, 2.45) is 0 Å². The second-order valence-corrected chi connectivity index (χ2v) is 3.47. The average Bonchev–Trinajstić information content (AvgIpc) is 2.05. The Labute approximate surface area is 86.0 Å². The summed E-state index contributed by atoms with van der Waals surface area (Å²) in [6.45, 7) is 2.94. The van der Waals surface area contributed by atoms with Gasteiger partial charge in [-0.05, 0) is 35.6 Å². The van der Waals surface area contributed by atoms with E-state index in [4.69, 9.17) is 5.41 Å². The van der Waals surface area contributed by atoms with Crippen LogP contribution in [0.1, 0.15) is 12.5 Å². The minimum atomic E-state index is 0.573. The first-order valence-electron chi connectivity index (χ1n) is 3.83. The number of para-hydroxylation sites is 1. The van der Waals surface area contributed by atoms with Gasteiger partial charge in [0.1, 0.15) is 3.72 Å². The minimum absolute atomic E-state index is 0.573. The van der Waals surface area contributed by atoms with E-state index in [-0.39, 0.29) is 0 Å². The third-order valence-electron chi connectivity index (χ3n) is 1.53. The van der Waals surface area contributed by atoms with Crippen molar-refractivity contribution < 1.29 is 0 Å². The number of halogens is 1. The van der Waals surface area contributed by atoms with Crippen LogP contribution in [0.5, 0.6) is 0 Å². The fourth-order valence-corrected chi connectivity index (χ4v) is 1.49. The van der Waals surface area contributed by atoms with Crippen molar-refractivity contribution in [2.75, 3.05) is 11.9 Å². The first kappa shape index (κ1) is 9.51. The molecule has 0 radical (unpaired) electrons. The highest BCUT2D eigenvalue weighted by molar-refractivity contribution is 14.1. The third-order valence-corrected chi connectivity index (χ3v) is 2.11. The highest BCUT2D eigenvalue weighted by atomic mass is 127. The van der Waals surface area contributed by atoms with Crippen LogP contribution in [0.3, 0.4) is 0 Å². The van der Waals surface area contributed by atoms with Gasteiger partial charge in [0.15, 0.2) is 0 Å². The fraction of sp³-hybridized carbons (Fsp3) is 0.222. The molecule has 1 aromatic rings. The van der Waals surface area contributed by atoms with E-state index in [9.17, 15) is 0 Å². The fourth-order valence-electron chi connectivity index (χ4n) is 1.02. The van der Waals surface area contributed by atoms with Crippen LogP contribution < -0.4 is 5.32 Å². The lowest BCUT2D eigenvalue weighted by atomic mass is 10.2. The molecule has 0 saturated heterocycles. The largest absolute Gasteiger partial charge is 0.385 e. The molecule has 0 aromatic heterocycles. The van der Waals surface area contributed by atoms with Gasteiger partial charge < -0.3 is 5.32 Å². The Balaban J connectivity index is 3.00. The smallest absolute Gasteiger partial charge is 0.101 e. The maximum Gasteiger partial charge on any atom is 0.101 e. The van der Waals surface area contributed by atoms with Gasteiger partial charge >= 0.3 is 0 Å². The Hall–Kier alpha value is -0.580. The van der Waals surface area contributed by atoms with E-state index in [1.54, 1.807) is 0 Å². The molecule has 12 heavy (non-hydrogen) atoms. The lowest BCUT2D eigenvalue weighted by Crippen LogP contribution is -2.01. The predicted molar refractivity (Wildman–Crippen MR) is 61.5 cm³/mol. The zero-order valence-corrected chi connectivity index (χ0v) is 9.05. The van der Waals surface area contributed by atoms with Gasteiger partial charge in [-0.2, -0.15) is 0 Å². The molecular formula is C9H11IN2. The van der Waals surface area contributed by atoms with Crippen LogP contribution in [0.15, 0.2) is 24.3 Å². The highest BCUT2D eigenvalue weighted by Gasteiger charge is 2.01. The van der Waals surface area contributed by atoms with Crippen LogP contribution in [0.4, 0.5) is 5.69 Å². The number of benzene rings is 1. The second kappa shape index (κ2) is 4.45. The molecular weight excluding hydrogens is 263 g/mol. The lowest BCUT2D eigenvalue weighted by Gasteiger charge is -2.07. The number of anilines is 1. The van der Waals surface area contributed by atoms with Crippen molar-refractivity contribution >= 4 is 32.0 Å². The summed E-state index contributed by atoms with van der Waals surface area (Å²) in [7, 11) is 0. The van der Waals surface area contributed by atoms with E-state index >= 15 is 0 Å². The Bertz CT molecular complexity index is 284. The molecule has 3 heteroatoms. The van der Waals surface area contributed by atoms with Gasteiger partial charge in [-0.15, -0.1) is 0 Å². The molecule has 0 fully saturated rings. The first-order chi connectivity index (χ1) is 5.75. The molecule has 0 atom stereocenters. The van der Waals surface area contributed by atoms with Crippen LogP contribution >= 0.6 is 22.6 Å². The Morgan fingerprint density at radius 3 is 2.75 bits per heavy atom. The molecule has 0 spiro atoms. The highest BCUT2D eigenvalue weighted by Crippen LogP contribution is 2.17. The van der Waals surface area contributed by atoms with Crippen molar-refractivity contribution in [1.29, 1.82) is 5.41 Å². The summed E-state index contributed by atoms with van der Waals surface area (Å²) in [6.07, 6.45) is 0. The molecule has 0 heterocycles. The van der Waals surface area contributed by atoms with Gasteiger partial charge in [0.2, 0.25) is 0 Å². The molecule has 1 rings (SSSR count). The Morgan fingerprint density at radius 2 is 2.17 bits per heavy atom. The molecule has 0 aliphatic carbocycles. The molecule has 2 nitrogen and oxygen atoms in total. The molecule has 2 N–H and O–H groups in total. The minimum Gasteiger partial charge on any atom is -0.385 e. The van der Waals surface area contributed by atoms with Gasteiger partial charge in [0, 0.05) is 17.8 Å². The van der Waals surface area contributed by atoms with E-state index < -0.39 is 0 Å². The standard InChI is InChI=1S/C9H11IN2/c1-2-12-8-6-4-3-5-7(8)9(10)11/h3-6,11-12H,2H2,1H3. The molecule has 64 valence electrons. The normalized spacial score (nSPS) is 9.50. The summed E-state index contributed by atoms with van der Waals surface area (Å²) < 4.78 is 0.573. The molecule has 0 saturated carbocycles. The van der Waals surface area contributed by atoms with E-state index in [2.05, 4.69) is 5.32 Å². The van der Waals surface area contributed by atoms with Crippen molar-refractivity contribution in [3.63, 3.8) is 0 Å². The van der Waals surface area contributed by atoms with Crippen LogP contribution in [0, 0.1) is 5.41 Å². The molecule has 1 aromatic carbocycles. The van der Waals surface area contributed by atoms with Crippen molar-refractivity contribution in [3.05, 3.63) is 29.8 Å². The number of hydrogen-bond acceptors (Lipinski definition) is 2. The summed E-state index contributed by atoms with van der Waals surface area (Å²) in [5.41, 5.74) is 2.01. The van der Waals surface area contributed by atoms with Crippen molar-refractivity contribution in [1.82, 2.24) is 0 Å². The number of hydrogen-bond donors (Lipinski definition) is 2. The number of nitrogens with one attached hydrogen (secondary N) is 2. The maximum atomic E-state index is 7.50. The van der Waals surface area contributed by atoms with Crippen LogP contribution in [0.25, 0.3) is 0 Å². The lowest BCUT2D eigenvalue weighted by molar-refractivity contribution is 1.21. The zero-order valence-electron chi connectivity index (χ0n) is 6.89. The van der Waals surface area contributed by atoms with Crippen molar-refractivity contribution in [3.8, 4) is 0 Å². The zero-order chi connectivity index (χ0) is 8.97. The van der Waals surface area contributed by atoms with Gasteiger partial charge in [0.05, 0.1) is 0 Å². The van der Waals surface area contributed by atoms with Crippen LogP contribution in [-0.2, 0) is 0 Å².